The minimum absolute atomic E-state index is 0.115. The normalized spacial score (nSPS) is 17.0. The Morgan fingerprint density at radius 1 is 1.33 bits per heavy atom. The average molecular weight is 348 g/mol. The highest BCUT2D eigenvalue weighted by Gasteiger charge is 2.35. The maximum absolute atomic E-state index is 13.0. The maximum Gasteiger partial charge on any atom is 0.222 e. The van der Waals surface area contributed by atoms with Crippen molar-refractivity contribution in [3.63, 3.8) is 0 Å². The first-order valence-electron chi connectivity index (χ1n) is 8.13. The van der Waals surface area contributed by atoms with Gasteiger partial charge in [0.2, 0.25) is 5.91 Å². The monoisotopic (exact) mass is 348 g/mol. The predicted octanol–water partition coefficient (Wildman–Crippen LogP) is 3.03. The number of aromatic nitrogens is 1. The van der Waals surface area contributed by atoms with Gasteiger partial charge in [0, 0.05) is 24.4 Å². The number of halogens is 1. The lowest BCUT2D eigenvalue weighted by Crippen LogP contribution is -2.45. The molecule has 1 fully saturated rings. The molecular weight excluding hydrogens is 327 g/mol. The quantitative estimate of drug-likeness (QED) is 0.924. The van der Waals surface area contributed by atoms with Crippen LogP contribution in [0.2, 0.25) is 0 Å². The number of nitrogens with zero attached hydrogens (tertiary/aromatic N) is 2. The molecule has 1 N–H and O–H groups in total. The molecule has 0 unspecified atom stereocenters. The number of piperidine rings is 1. The number of likely N-dealkylation sites (tertiary alicyclic amines) is 1. The maximum atomic E-state index is 13.0. The summed E-state index contributed by atoms with van der Waals surface area (Å²) in [6.45, 7) is 3.00. The Labute approximate surface area is 145 Å². The molecule has 0 radical (unpaired) electrons. The fourth-order valence-electron chi connectivity index (χ4n) is 3.12. The zero-order valence-corrected chi connectivity index (χ0v) is 14.5. The van der Waals surface area contributed by atoms with Gasteiger partial charge in [0.25, 0.3) is 0 Å². The zero-order valence-electron chi connectivity index (χ0n) is 13.7. The molecule has 1 aromatic carbocycles. The Bertz CT molecular complexity index is 706. The van der Waals surface area contributed by atoms with Crippen LogP contribution >= 0.6 is 11.3 Å². The highest BCUT2D eigenvalue weighted by molar-refractivity contribution is 7.09. The first-order chi connectivity index (χ1) is 11.5. The van der Waals surface area contributed by atoms with Crippen molar-refractivity contribution in [1.29, 1.82) is 0 Å². The van der Waals surface area contributed by atoms with Gasteiger partial charge in [0.1, 0.15) is 5.82 Å². The molecule has 2 heterocycles. The van der Waals surface area contributed by atoms with Gasteiger partial charge in [-0.2, -0.15) is 0 Å². The van der Waals surface area contributed by atoms with Crippen LogP contribution in [0.25, 0.3) is 0 Å². The third kappa shape index (κ3) is 3.65. The van der Waals surface area contributed by atoms with Gasteiger partial charge in [-0.05, 0) is 43.9 Å². The number of aryl methyl sites for hydroxylation is 2. The molecule has 3 rings (SSSR count). The van der Waals surface area contributed by atoms with E-state index in [9.17, 15) is 14.3 Å². The number of carbonyl (C=O) groups excluding carboxylic acids is 1. The minimum atomic E-state index is -0.973. The van der Waals surface area contributed by atoms with Gasteiger partial charge < -0.3 is 10.0 Å². The summed E-state index contributed by atoms with van der Waals surface area (Å²) in [5.41, 5.74) is 2.55. The van der Waals surface area contributed by atoms with E-state index in [0.717, 1.165) is 16.1 Å². The lowest BCUT2D eigenvalue weighted by Gasteiger charge is -2.38. The number of carbonyl (C=O) groups is 1. The van der Waals surface area contributed by atoms with Crippen molar-refractivity contribution in [2.45, 2.75) is 38.2 Å². The van der Waals surface area contributed by atoms with Crippen LogP contribution in [-0.4, -0.2) is 34.0 Å². The zero-order chi connectivity index (χ0) is 17.2. The number of amides is 1. The number of rotatable bonds is 4. The van der Waals surface area contributed by atoms with Gasteiger partial charge >= 0.3 is 0 Å². The smallest absolute Gasteiger partial charge is 0.222 e. The molecule has 1 amide bonds. The number of hydrogen-bond donors (Lipinski definition) is 1. The molecule has 1 saturated heterocycles. The largest absolute Gasteiger partial charge is 0.385 e. The van der Waals surface area contributed by atoms with Crippen LogP contribution in [0.3, 0.4) is 0 Å². The van der Waals surface area contributed by atoms with E-state index < -0.39 is 5.60 Å². The fourth-order valence-corrected chi connectivity index (χ4v) is 3.90. The summed E-state index contributed by atoms with van der Waals surface area (Å²) in [5, 5.41) is 10.8. The van der Waals surface area contributed by atoms with Crippen molar-refractivity contribution in [2.75, 3.05) is 13.1 Å². The van der Waals surface area contributed by atoms with E-state index in [0.29, 0.717) is 38.8 Å². The molecule has 24 heavy (non-hydrogen) atoms. The van der Waals surface area contributed by atoms with E-state index in [2.05, 4.69) is 4.98 Å². The minimum Gasteiger partial charge on any atom is -0.385 e. The van der Waals surface area contributed by atoms with Crippen LogP contribution in [0, 0.1) is 12.7 Å². The molecule has 0 aliphatic carbocycles. The summed E-state index contributed by atoms with van der Waals surface area (Å²) >= 11 is 1.58. The first kappa shape index (κ1) is 17.0. The topological polar surface area (TPSA) is 53.4 Å². The summed E-state index contributed by atoms with van der Waals surface area (Å²) in [6, 6.07) is 5.98. The molecule has 0 bridgehead atoms. The van der Waals surface area contributed by atoms with Gasteiger partial charge in [-0.15, -0.1) is 11.3 Å². The van der Waals surface area contributed by atoms with E-state index in [4.69, 9.17) is 0 Å². The van der Waals surface area contributed by atoms with E-state index in [1.807, 2.05) is 11.8 Å². The average Bonchev–Trinajstić information content (AvgIpc) is 2.99. The highest BCUT2D eigenvalue weighted by atomic mass is 32.1. The molecule has 0 atom stereocenters. The van der Waals surface area contributed by atoms with Gasteiger partial charge in [-0.1, -0.05) is 12.1 Å². The van der Waals surface area contributed by atoms with Crippen molar-refractivity contribution >= 4 is 17.2 Å². The van der Waals surface area contributed by atoms with Crippen LogP contribution in [0.4, 0.5) is 4.39 Å². The lowest BCUT2D eigenvalue weighted by molar-refractivity contribution is -0.135. The molecule has 1 aliphatic heterocycles. The van der Waals surface area contributed by atoms with E-state index in [-0.39, 0.29) is 11.7 Å². The molecule has 0 saturated carbocycles. The standard InChI is InChI=1S/C18H21FN2O2S/c1-13-16(24-12-20-13)6-7-17(22)21-10-8-18(23,9-11-21)14-2-4-15(19)5-3-14/h2-5,12,23H,6-11H2,1H3. The Kier molecular flexibility index (Phi) is 4.96. The number of hydrogen-bond acceptors (Lipinski definition) is 4. The first-order valence-corrected chi connectivity index (χ1v) is 9.01. The fraction of sp³-hybridized carbons (Fsp3) is 0.444. The third-order valence-electron chi connectivity index (χ3n) is 4.74. The van der Waals surface area contributed by atoms with E-state index in [1.54, 1.807) is 29.0 Å². The summed E-state index contributed by atoms with van der Waals surface area (Å²) in [6.07, 6.45) is 2.14. The van der Waals surface area contributed by atoms with Crippen molar-refractivity contribution in [2.24, 2.45) is 0 Å². The number of thiazole rings is 1. The van der Waals surface area contributed by atoms with Gasteiger partial charge in [0.15, 0.2) is 0 Å². The van der Waals surface area contributed by atoms with Crippen molar-refractivity contribution in [3.8, 4) is 0 Å². The Balaban J connectivity index is 1.55. The molecule has 1 aromatic heterocycles. The van der Waals surface area contributed by atoms with Crippen molar-refractivity contribution in [3.05, 3.63) is 51.7 Å². The van der Waals surface area contributed by atoms with Crippen LogP contribution in [-0.2, 0) is 16.8 Å². The van der Waals surface area contributed by atoms with Crippen LogP contribution in [0.15, 0.2) is 29.8 Å². The second kappa shape index (κ2) is 6.99. The second-order valence-electron chi connectivity index (χ2n) is 6.28. The van der Waals surface area contributed by atoms with Gasteiger partial charge in [0.05, 0.1) is 16.8 Å². The molecule has 0 spiro atoms. The van der Waals surface area contributed by atoms with E-state index >= 15 is 0 Å². The SMILES string of the molecule is Cc1ncsc1CCC(=O)N1CCC(O)(c2ccc(F)cc2)CC1. The van der Waals surface area contributed by atoms with Gasteiger partial charge in [-0.3, -0.25) is 4.79 Å². The third-order valence-corrected chi connectivity index (χ3v) is 5.73. The second-order valence-corrected chi connectivity index (χ2v) is 7.22. The Hall–Kier alpha value is -1.79. The highest BCUT2D eigenvalue weighted by Crippen LogP contribution is 2.33. The summed E-state index contributed by atoms with van der Waals surface area (Å²) in [5.74, 6) is -0.197. The summed E-state index contributed by atoms with van der Waals surface area (Å²) in [4.78, 5) is 19.5. The Morgan fingerprint density at radius 2 is 2.00 bits per heavy atom. The van der Waals surface area contributed by atoms with Crippen LogP contribution < -0.4 is 0 Å². The van der Waals surface area contributed by atoms with Crippen molar-refractivity contribution < 1.29 is 14.3 Å². The molecule has 4 nitrogen and oxygen atoms in total. The number of benzene rings is 1. The van der Waals surface area contributed by atoms with Crippen molar-refractivity contribution in [1.82, 2.24) is 9.88 Å². The molecule has 1 aliphatic rings. The van der Waals surface area contributed by atoms with E-state index in [1.165, 1.54) is 12.1 Å². The molecule has 128 valence electrons. The number of aliphatic hydroxyl groups is 1. The van der Waals surface area contributed by atoms with Crippen LogP contribution in [0.5, 0.6) is 0 Å². The molecule has 2 aromatic rings. The van der Waals surface area contributed by atoms with Crippen LogP contribution in [0.1, 0.15) is 35.4 Å². The lowest BCUT2D eigenvalue weighted by atomic mass is 9.84. The summed E-state index contributed by atoms with van der Waals surface area (Å²) < 4.78 is 13.0. The predicted molar refractivity (Wildman–Crippen MR) is 91.3 cm³/mol. The molecule has 6 heteroatoms. The molecular formula is C18H21FN2O2S. The Morgan fingerprint density at radius 3 is 2.58 bits per heavy atom. The van der Waals surface area contributed by atoms with Gasteiger partial charge in [-0.25, -0.2) is 9.37 Å². The summed E-state index contributed by atoms with van der Waals surface area (Å²) in [7, 11) is 0.